The van der Waals surface area contributed by atoms with Crippen LogP contribution in [-0.4, -0.2) is 44.5 Å². The molecule has 2 rings (SSSR count). The maximum Gasteiger partial charge on any atom is 0.326 e. The summed E-state index contributed by atoms with van der Waals surface area (Å²) >= 11 is 6.26. The molecule has 24 heavy (non-hydrogen) atoms. The van der Waals surface area contributed by atoms with E-state index in [1.807, 2.05) is 6.92 Å². The van der Waals surface area contributed by atoms with Gasteiger partial charge in [-0.2, -0.15) is 0 Å². The van der Waals surface area contributed by atoms with Crippen LogP contribution in [0.5, 0.6) is 11.5 Å². The number of carboxylic acids is 1. The van der Waals surface area contributed by atoms with Crippen molar-refractivity contribution >= 4 is 46.3 Å². The molecule has 1 fully saturated rings. The Morgan fingerprint density at radius 1 is 1.50 bits per heavy atom. The van der Waals surface area contributed by atoms with Gasteiger partial charge in [0.2, 0.25) is 0 Å². The second-order valence-electron chi connectivity index (χ2n) is 5.13. The number of thiocarbonyl (C=S) groups is 1. The third kappa shape index (κ3) is 3.70. The zero-order valence-corrected chi connectivity index (χ0v) is 14.8. The fourth-order valence-electron chi connectivity index (χ4n) is 2.32. The molecular formula is C16H17NO5S2. The van der Waals surface area contributed by atoms with Crippen LogP contribution in [0, 0.1) is 0 Å². The molecule has 1 amide bonds. The highest BCUT2D eigenvalue weighted by Gasteiger charge is 2.39. The average Bonchev–Trinajstić information content (AvgIpc) is 2.81. The number of methoxy groups -OCH3 is 1. The van der Waals surface area contributed by atoms with Gasteiger partial charge in [-0.25, -0.2) is 4.79 Å². The van der Waals surface area contributed by atoms with Crippen molar-refractivity contribution in [2.45, 2.75) is 25.8 Å². The lowest BCUT2D eigenvalue weighted by Crippen LogP contribution is -2.43. The number of thioether (sulfide) groups is 1. The van der Waals surface area contributed by atoms with Gasteiger partial charge in [0.05, 0.1) is 12.0 Å². The van der Waals surface area contributed by atoms with Crippen molar-refractivity contribution in [2.24, 2.45) is 0 Å². The molecule has 1 aromatic carbocycles. The number of phenols is 1. The molecule has 1 heterocycles. The fraction of sp³-hybridized carbons (Fsp3) is 0.312. The zero-order valence-electron chi connectivity index (χ0n) is 13.2. The second-order valence-corrected chi connectivity index (χ2v) is 6.80. The molecule has 0 bridgehead atoms. The first kappa shape index (κ1) is 18.3. The van der Waals surface area contributed by atoms with Crippen LogP contribution < -0.4 is 4.74 Å². The topological polar surface area (TPSA) is 87.1 Å². The molecular weight excluding hydrogens is 350 g/mol. The predicted molar refractivity (Wildman–Crippen MR) is 96.0 cm³/mol. The number of hydrogen-bond acceptors (Lipinski definition) is 6. The Morgan fingerprint density at radius 3 is 2.79 bits per heavy atom. The maximum atomic E-state index is 12.6. The van der Waals surface area contributed by atoms with Crippen molar-refractivity contribution in [3.8, 4) is 11.5 Å². The number of phenolic OH excluding ortho intramolecular Hbond substituents is 1. The first-order chi connectivity index (χ1) is 11.4. The van der Waals surface area contributed by atoms with Crippen molar-refractivity contribution in [1.29, 1.82) is 0 Å². The molecule has 1 aliphatic rings. The fourth-order valence-corrected chi connectivity index (χ4v) is 3.68. The van der Waals surface area contributed by atoms with E-state index in [0.29, 0.717) is 23.3 Å². The molecule has 8 heteroatoms. The summed E-state index contributed by atoms with van der Waals surface area (Å²) in [6.07, 6.45) is 2.57. The van der Waals surface area contributed by atoms with Gasteiger partial charge in [0.25, 0.3) is 5.91 Å². The number of nitrogens with zero attached hydrogens (tertiary/aromatic N) is 1. The summed E-state index contributed by atoms with van der Waals surface area (Å²) in [5.41, 5.74) is 0.646. The van der Waals surface area contributed by atoms with E-state index in [9.17, 15) is 19.8 Å². The molecule has 0 spiro atoms. The number of amides is 1. The normalized spacial score (nSPS) is 17.4. The minimum absolute atomic E-state index is 0.00362. The summed E-state index contributed by atoms with van der Waals surface area (Å²) < 4.78 is 5.27. The first-order valence-electron chi connectivity index (χ1n) is 7.26. The van der Waals surface area contributed by atoms with Crippen LogP contribution in [0.3, 0.4) is 0 Å². The Labute approximate surface area is 149 Å². The minimum atomic E-state index is -1.07. The van der Waals surface area contributed by atoms with Crippen molar-refractivity contribution in [3.63, 3.8) is 0 Å². The third-order valence-corrected chi connectivity index (χ3v) is 4.81. The Kier molecular flexibility index (Phi) is 5.84. The number of carbonyl (C=O) groups excluding carboxylic acids is 1. The predicted octanol–water partition coefficient (Wildman–Crippen LogP) is 2.86. The van der Waals surface area contributed by atoms with E-state index in [-0.39, 0.29) is 15.8 Å². The van der Waals surface area contributed by atoms with Gasteiger partial charge in [0, 0.05) is 0 Å². The molecule has 1 atom stereocenters. The van der Waals surface area contributed by atoms with Gasteiger partial charge in [-0.3, -0.25) is 9.69 Å². The Hall–Kier alpha value is -2.06. The molecule has 0 saturated carbocycles. The molecule has 0 aromatic heterocycles. The van der Waals surface area contributed by atoms with E-state index in [0.717, 1.165) is 16.7 Å². The Balaban J connectivity index is 2.32. The number of aliphatic carboxylic acids is 1. The van der Waals surface area contributed by atoms with E-state index < -0.39 is 17.9 Å². The monoisotopic (exact) mass is 367 g/mol. The van der Waals surface area contributed by atoms with E-state index in [4.69, 9.17) is 17.0 Å². The maximum absolute atomic E-state index is 12.6. The van der Waals surface area contributed by atoms with E-state index >= 15 is 0 Å². The highest BCUT2D eigenvalue weighted by atomic mass is 32.2. The minimum Gasteiger partial charge on any atom is -0.504 e. The first-order valence-corrected chi connectivity index (χ1v) is 8.48. The lowest BCUT2D eigenvalue weighted by atomic mass is 10.1. The van der Waals surface area contributed by atoms with Gasteiger partial charge < -0.3 is 14.9 Å². The van der Waals surface area contributed by atoms with Gasteiger partial charge in [0.1, 0.15) is 10.4 Å². The number of rotatable bonds is 6. The molecule has 2 N–H and O–H groups in total. The molecule has 0 unspecified atom stereocenters. The number of ether oxygens (including phenoxy) is 1. The molecule has 1 aliphatic heterocycles. The van der Waals surface area contributed by atoms with Gasteiger partial charge in [-0.15, -0.1) is 0 Å². The number of carbonyl (C=O) groups is 2. The van der Waals surface area contributed by atoms with E-state index in [1.165, 1.54) is 13.2 Å². The molecule has 128 valence electrons. The number of hydrogen-bond donors (Lipinski definition) is 2. The van der Waals surface area contributed by atoms with E-state index in [1.54, 1.807) is 18.2 Å². The average molecular weight is 367 g/mol. The lowest BCUT2D eigenvalue weighted by molar-refractivity contribution is -0.145. The largest absolute Gasteiger partial charge is 0.504 e. The molecule has 1 saturated heterocycles. The Morgan fingerprint density at radius 2 is 2.21 bits per heavy atom. The standard InChI is InChI=1S/C16H17NO5S2/c1-3-4-10(15(20)21)17-14(19)13(24-16(17)23)8-9-5-6-11(18)12(7-9)22-2/h5-8,10,18H,3-4H2,1-2H3,(H,20,21)/b13-8+/t10-/m0/s1. The number of benzene rings is 1. The quantitative estimate of drug-likeness (QED) is 0.590. The summed E-state index contributed by atoms with van der Waals surface area (Å²) in [5.74, 6) is -1.21. The summed E-state index contributed by atoms with van der Waals surface area (Å²) in [4.78, 5) is 25.5. The molecule has 0 radical (unpaired) electrons. The highest BCUT2D eigenvalue weighted by molar-refractivity contribution is 8.26. The summed E-state index contributed by atoms with van der Waals surface area (Å²) in [6.45, 7) is 1.85. The van der Waals surface area contributed by atoms with E-state index in [2.05, 4.69) is 0 Å². The van der Waals surface area contributed by atoms with Crippen LogP contribution in [0.4, 0.5) is 0 Å². The van der Waals surface area contributed by atoms with Crippen molar-refractivity contribution in [2.75, 3.05) is 7.11 Å². The Bertz CT molecular complexity index is 716. The van der Waals surface area contributed by atoms with Gasteiger partial charge in [-0.05, 0) is 30.2 Å². The van der Waals surface area contributed by atoms with Crippen LogP contribution >= 0.6 is 24.0 Å². The third-order valence-electron chi connectivity index (χ3n) is 3.48. The highest BCUT2D eigenvalue weighted by Crippen LogP contribution is 2.36. The van der Waals surface area contributed by atoms with Crippen LogP contribution in [0.2, 0.25) is 0 Å². The summed E-state index contributed by atoms with van der Waals surface area (Å²) in [7, 11) is 1.43. The zero-order chi connectivity index (χ0) is 17.9. The summed E-state index contributed by atoms with van der Waals surface area (Å²) in [6, 6.07) is 3.72. The van der Waals surface area contributed by atoms with Gasteiger partial charge in [0.15, 0.2) is 11.5 Å². The van der Waals surface area contributed by atoms with Crippen molar-refractivity contribution in [3.05, 3.63) is 28.7 Å². The lowest BCUT2D eigenvalue weighted by Gasteiger charge is -2.22. The van der Waals surface area contributed by atoms with Gasteiger partial charge >= 0.3 is 5.97 Å². The second kappa shape index (κ2) is 7.67. The smallest absolute Gasteiger partial charge is 0.326 e. The number of carboxylic acid groups (broad SMARTS) is 1. The SMILES string of the molecule is CCC[C@@H](C(=O)O)N1C(=O)/C(=C\c2ccc(O)c(OC)c2)SC1=S. The molecule has 1 aromatic rings. The van der Waals surface area contributed by atoms with Crippen molar-refractivity contribution in [1.82, 2.24) is 4.90 Å². The van der Waals surface area contributed by atoms with Crippen LogP contribution in [0.25, 0.3) is 6.08 Å². The van der Waals surface area contributed by atoms with Crippen LogP contribution in [0.15, 0.2) is 23.1 Å². The summed E-state index contributed by atoms with van der Waals surface area (Å²) in [5, 5.41) is 19.0. The molecule has 6 nitrogen and oxygen atoms in total. The molecule has 0 aliphatic carbocycles. The van der Waals surface area contributed by atoms with Crippen LogP contribution in [-0.2, 0) is 9.59 Å². The van der Waals surface area contributed by atoms with Crippen molar-refractivity contribution < 1.29 is 24.5 Å². The van der Waals surface area contributed by atoms with Crippen LogP contribution in [0.1, 0.15) is 25.3 Å². The van der Waals surface area contributed by atoms with Gasteiger partial charge in [-0.1, -0.05) is 43.4 Å². The number of aromatic hydroxyl groups is 1.